The van der Waals surface area contributed by atoms with Gasteiger partial charge in [0.1, 0.15) is 0 Å². The number of benzene rings is 3. The van der Waals surface area contributed by atoms with Crippen LogP contribution < -0.4 is 10.2 Å². The van der Waals surface area contributed by atoms with Gasteiger partial charge in [-0.05, 0) is 66.1 Å². The van der Waals surface area contributed by atoms with Crippen LogP contribution in [-0.2, 0) is 11.2 Å². The van der Waals surface area contributed by atoms with Gasteiger partial charge < -0.3 is 10.2 Å². The fourth-order valence-corrected chi connectivity index (χ4v) is 4.40. The zero-order valence-corrected chi connectivity index (χ0v) is 18.1. The molecule has 0 bridgehead atoms. The molecule has 1 unspecified atom stereocenters. The first kappa shape index (κ1) is 20.5. The van der Waals surface area contributed by atoms with E-state index in [1.165, 1.54) is 34.9 Å². The fourth-order valence-electron chi connectivity index (χ4n) is 4.40. The quantitative estimate of drug-likeness (QED) is 0.560. The lowest BCUT2D eigenvalue weighted by molar-refractivity contribution is -0.121. The number of rotatable bonds is 6. The molecule has 156 valence electrons. The van der Waals surface area contributed by atoms with Crippen LogP contribution in [0.25, 0.3) is 10.8 Å². The number of carbonyl (C=O) groups is 1. The molecule has 4 rings (SSSR count). The lowest BCUT2D eigenvalue weighted by Crippen LogP contribution is -2.32. The highest BCUT2D eigenvalue weighted by atomic mass is 16.1. The predicted molar refractivity (Wildman–Crippen MR) is 126 cm³/mol. The van der Waals surface area contributed by atoms with E-state index in [1.54, 1.807) is 0 Å². The Balaban J connectivity index is 1.32. The van der Waals surface area contributed by atoms with Gasteiger partial charge in [0.25, 0.3) is 0 Å². The number of nitrogens with zero attached hydrogens (tertiary/aromatic N) is 1. The van der Waals surface area contributed by atoms with Crippen LogP contribution in [0.2, 0.25) is 0 Å². The van der Waals surface area contributed by atoms with Crippen molar-refractivity contribution in [3.8, 4) is 0 Å². The van der Waals surface area contributed by atoms with Gasteiger partial charge in [0, 0.05) is 25.2 Å². The van der Waals surface area contributed by atoms with Crippen LogP contribution in [-0.4, -0.2) is 19.0 Å². The Kier molecular flexibility index (Phi) is 6.37. The molecule has 1 saturated heterocycles. The Labute approximate surface area is 180 Å². The topological polar surface area (TPSA) is 32.3 Å². The van der Waals surface area contributed by atoms with Gasteiger partial charge in [-0.2, -0.15) is 0 Å². The molecule has 1 fully saturated rings. The van der Waals surface area contributed by atoms with Gasteiger partial charge in [-0.25, -0.2) is 0 Å². The van der Waals surface area contributed by atoms with E-state index in [0.29, 0.717) is 6.42 Å². The van der Waals surface area contributed by atoms with Gasteiger partial charge in [-0.15, -0.1) is 0 Å². The second kappa shape index (κ2) is 9.34. The van der Waals surface area contributed by atoms with E-state index in [2.05, 4.69) is 90.8 Å². The molecule has 1 atom stereocenters. The van der Waals surface area contributed by atoms with Crippen molar-refractivity contribution in [3.63, 3.8) is 0 Å². The second-order valence-electron chi connectivity index (χ2n) is 8.69. The summed E-state index contributed by atoms with van der Waals surface area (Å²) in [4.78, 5) is 15.0. The van der Waals surface area contributed by atoms with E-state index >= 15 is 0 Å². The standard InChI is InChI=1S/C27H32N2O/c1-20-16-18-29(19-17-20)25-13-10-22(11-14-25)21(2)28-27(30)15-12-24-8-5-7-23-6-3-4-9-26(23)24/h3-11,13-14,20-21H,12,15-19H2,1-2H3,(H,28,30). The molecule has 3 aromatic rings. The number of hydrogen-bond acceptors (Lipinski definition) is 2. The molecule has 3 aromatic carbocycles. The summed E-state index contributed by atoms with van der Waals surface area (Å²) in [6.45, 7) is 6.68. The fraction of sp³-hybridized carbons (Fsp3) is 0.370. The first-order valence-electron chi connectivity index (χ1n) is 11.2. The minimum atomic E-state index is 0.0143. The summed E-state index contributed by atoms with van der Waals surface area (Å²) in [6.07, 6.45) is 3.80. The molecule has 0 saturated carbocycles. The van der Waals surface area contributed by atoms with E-state index in [9.17, 15) is 4.79 Å². The lowest BCUT2D eigenvalue weighted by atomic mass is 9.98. The van der Waals surface area contributed by atoms with Gasteiger partial charge in [-0.3, -0.25) is 4.79 Å². The molecule has 1 N–H and O–H groups in total. The maximum Gasteiger partial charge on any atom is 0.220 e. The van der Waals surface area contributed by atoms with Crippen LogP contribution >= 0.6 is 0 Å². The Morgan fingerprint density at radius 3 is 2.47 bits per heavy atom. The molecular weight excluding hydrogens is 368 g/mol. The summed E-state index contributed by atoms with van der Waals surface area (Å²) < 4.78 is 0. The average Bonchev–Trinajstić information content (AvgIpc) is 2.78. The second-order valence-corrected chi connectivity index (χ2v) is 8.69. The maximum atomic E-state index is 12.6. The average molecular weight is 401 g/mol. The lowest BCUT2D eigenvalue weighted by Gasteiger charge is -2.32. The minimum absolute atomic E-state index is 0.0143. The summed E-state index contributed by atoms with van der Waals surface area (Å²) in [6, 6.07) is 23.4. The van der Waals surface area contributed by atoms with Crippen molar-refractivity contribution in [2.75, 3.05) is 18.0 Å². The molecule has 1 amide bonds. The van der Waals surface area contributed by atoms with Crippen LogP contribution in [0.5, 0.6) is 0 Å². The minimum Gasteiger partial charge on any atom is -0.372 e. The molecular formula is C27H32N2O. The summed E-state index contributed by atoms with van der Waals surface area (Å²) in [5.41, 5.74) is 3.68. The van der Waals surface area contributed by atoms with E-state index in [1.807, 2.05) is 0 Å². The Hall–Kier alpha value is -2.81. The number of nitrogens with one attached hydrogen (secondary N) is 1. The van der Waals surface area contributed by atoms with Gasteiger partial charge >= 0.3 is 0 Å². The van der Waals surface area contributed by atoms with E-state index in [4.69, 9.17) is 0 Å². The van der Waals surface area contributed by atoms with Crippen molar-refractivity contribution in [3.05, 3.63) is 77.9 Å². The van der Waals surface area contributed by atoms with E-state index in [-0.39, 0.29) is 11.9 Å². The Morgan fingerprint density at radius 1 is 1.00 bits per heavy atom. The first-order chi connectivity index (χ1) is 14.6. The third kappa shape index (κ3) is 4.84. The van der Waals surface area contributed by atoms with Gasteiger partial charge in [0.15, 0.2) is 0 Å². The van der Waals surface area contributed by atoms with Crippen molar-refractivity contribution in [1.29, 1.82) is 0 Å². The number of carbonyl (C=O) groups excluding carboxylic acids is 1. The summed E-state index contributed by atoms with van der Waals surface area (Å²) >= 11 is 0. The predicted octanol–water partition coefficient (Wildman–Crippen LogP) is 5.89. The van der Waals surface area contributed by atoms with Crippen LogP contribution in [0, 0.1) is 5.92 Å². The van der Waals surface area contributed by atoms with Gasteiger partial charge in [0.05, 0.1) is 6.04 Å². The van der Waals surface area contributed by atoms with Gasteiger partial charge in [0.2, 0.25) is 5.91 Å². The number of piperidine rings is 1. The van der Waals surface area contributed by atoms with Crippen LogP contribution in [0.3, 0.4) is 0 Å². The first-order valence-corrected chi connectivity index (χ1v) is 11.2. The molecule has 1 heterocycles. The zero-order chi connectivity index (χ0) is 20.9. The largest absolute Gasteiger partial charge is 0.372 e. The summed E-state index contributed by atoms with van der Waals surface area (Å²) in [7, 11) is 0. The molecule has 0 radical (unpaired) electrons. The van der Waals surface area contributed by atoms with Crippen molar-refractivity contribution >= 4 is 22.4 Å². The third-order valence-corrected chi connectivity index (χ3v) is 6.42. The highest BCUT2D eigenvalue weighted by molar-refractivity contribution is 5.86. The molecule has 3 nitrogen and oxygen atoms in total. The molecule has 0 aliphatic carbocycles. The number of fused-ring (bicyclic) bond motifs is 1. The van der Waals surface area contributed by atoms with Crippen molar-refractivity contribution in [1.82, 2.24) is 5.32 Å². The number of amides is 1. The molecule has 0 spiro atoms. The smallest absolute Gasteiger partial charge is 0.220 e. The Morgan fingerprint density at radius 2 is 1.70 bits per heavy atom. The van der Waals surface area contributed by atoms with E-state index in [0.717, 1.165) is 31.0 Å². The number of aryl methyl sites for hydroxylation is 1. The highest BCUT2D eigenvalue weighted by Crippen LogP contribution is 2.25. The highest BCUT2D eigenvalue weighted by Gasteiger charge is 2.16. The third-order valence-electron chi connectivity index (χ3n) is 6.42. The number of hydrogen-bond donors (Lipinski definition) is 1. The zero-order valence-electron chi connectivity index (χ0n) is 18.1. The molecule has 1 aliphatic rings. The van der Waals surface area contributed by atoms with Gasteiger partial charge in [-0.1, -0.05) is 61.5 Å². The normalized spacial score (nSPS) is 15.9. The van der Waals surface area contributed by atoms with Crippen molar-refractivity contribution in [2.24, 2.45) is 5.92 Å². The van der Waals surface area contributed by atoms with Crippen LogP contribution in [0.1, 0.15) is 50.3 Å². The Bertz CT molecular complexity index is 982. The molecule has 1 aliphatic heterocycles. The maximum absolute atomic E-state index is 12.6. The van der Waals surface area contributed by atoms with Crippen LogP contribution in [0.4, 0.5) is 5.69 Å². The van der Waals surface area contributed by atoms with Crippen LogP contribution in [0.15, 0.2) is 66.7 Å². The monoisotopic (exact) mass is 400 g/mol. The van der Waals surface area contributed by atoms with Crippen molar-refractivity contribution in [2.45, 2.75) is 45.6 Å². The van der Waals surface area contributed by atoms with E-state index < -0.39 is 0 Å². The number of anilines is 1. The summed E-state index contributed by atoms with van der Waals surface area (Å²) in [5.74, 6) is 0.939. The summed E-state index contributed by atoms with van der Waals surface area (Å²) in [5, 5.41) is 5.63. The van der Waals surface area contributed by atoms with Crippen molar-refractivity contribution < 1.29 is 4.79 Å². The SMILES string of the molecule is CC1CCN(c2ccc(C(C)NC(=O)CCc3cccc4ccccc34)cc2)CC1. The molecule has 30 heavy (non-hydrogen) atoms. The molecule has 0 aromatic heterocycles. The molecule has 3 heteroatoms.